The Hall–Kier alpha value is -0.770. The van der Waals surface area contributed by atoms with Gasteiger partial charge in [0.1, 0.15) is 11.6 Å². The monoisotopic (exact) mass is 281 g/mol. The molecule has 0 unspecified atom stereocenters. The fourth-order valence-corrected chi connectivity index (χ4v) is 2.67. The fourth-order valence-electron chi connectivity index (χ4n) is 1.98. The number of hydrogen-bond donors (Lipinski definition) is 1. The molecule has 0 aromatic carbocycles. The predicted molar refractivity (Wildman–Crippen MR) is 86.1 cm³/mol. The minimum Gasteiger partial charge on any atom is -0.370 e. The van der Waals surface area contributed by atoms with Crippen LogP contribution in [0.4, 0.5) is 5.82 Å². The first-order chi connectivity index (χ1) is 8.74. The maximum atomic E-state index is 4.70. The van der Waals surface area contributed by atoms with Crippen molar-refractivity contribution in [3.8, 4) is 0 Å². The van der Waals surface area contributed by atoms with Crippen LogP contribution in [-0.4, -0.2) is 21.3 Å². The Bertz CT molecular complexity index is 422. The van der Waals surface area contributed by atoms with Gasteiger partial charge in [-0.2, -0.15) is 0 Å². The highest BCUT2D eigenvalue weighted by Crippen LogP contribution is 2.29. The van der Waals surface area contributed by atoms with E-state index in [0.29, 0.717) is 5.92 Å². The average Bonchev–Trinajstić information content (AvgIpc) is 2.24. The number of nitrogens with zero attached hydrogens (tertiary/aromatic N) is 2. The molecule has 108 valence electrons. The molecule has 0 fully saturated rings. The van der Waals surface area contributed by atoms with Gasteiger partial charge in [0.05, 0.1) is 5.75 Å². The summed E-state index contributed by atoms with van der Waals surface area (Å²) in [4.78, 5) is 9.37. The molecular weight excluding hydrogens is 254 g/mol. The summed E-state index contributed by atoms with van der Waals surface area (Å²) in [6.45, 7) is 16.1. The van der Waals surface area contributed by atoms with Gasteiger partial charge in [-0.05, 0) is 19.8 Å². The molecule has 0 aliphatic heterocycles. The average molecular weight is 281 g/mol. The van der Waals surface area contributed by atoms with Gasteiger partial charge in [0.15, 0.2) is 0 Å². The van der Waals surface area contributed by atoms with Gasteiger partial charge < -0.3 is 5.32 Å². The third kappa shape index (κ3) is 5.01. The van der Waals surface area contributed by atoms with E-state index >= 15 is 0 Å². The van der Waals surface area contributed by atoms with Crippen molar-refractivity contribution in [2.24, 2.45) is 0 Å². The Morgan fingerprint density at radius 2 is 1.84 bits per heavy atom. The van der Waals surface area contributed by atoms with Crippen molar-refractivity contribution in [3.63, 3.8) is 0 Å². The molecule has 1 rings (SSSR count). The van der Waals surface area contributed by atoms with E-state index in [9.17, 15) is 0 Å². The topological polar surface area (TPSA) is 37.8 Å². The lowest BCUT2D eigenvalue weighted by atomic mass is 10.0. The van der Waals surface area contributed by atoms with Gasteiger partial charge in [-0.3, -0.25) is 0 Å². The quantitative estimate of drug-likeness (QED) is 0.869. The number of thioether (sulfide) groups is 1. The highest BCUT2D eigenvalue weighted by molar-refractivity contribution is 7.99. The SMILES string of the molecule is CCNc1nc(CSC(C)(C)C)nc(C)c1C(C)C. The molecule has 0 saturated carbocycles. The molecular formula is C15H27N3S. The van der Waals surface area contributed by atoms with Crippen LogP contribution in [0, 0.1) is 6.92 Å². The molecule has 1 heterocycles. The zero-order chi connectivity index (χ0) is 14.6. The van der Waals surface area contributed by atoms with Gasteiger partial charge in [-0.1, -0.05) is 34.6 Å². The summed E-state index contributed by atoms with van der Waals surface area (Å²) in [5, 5.41) is 3.38. The third-order valence-electron chi connectivity index (χ3n) is 2.74. The van der Waals surface area contributed by atoms with Crippen molar-refractivity contribution in [2.45, 2.75) is 64.9 Å². The third-order valence-corrected chi connectivity index (χ3v) is 4.01. The number of anilines is 1. The molecule has 3 nitrogen and oxygen atoms in total. The van der Waals surface area contributed by atoms with Crippen molar-refractivity contribution >= 4 is 17.6 Å². The molecule has 0 saturated heterocycles. The van der Waals surface area contributed by atoms with Crippen LogP contribution in [0.1, 0.15) is 64.5 Å². The fraction of sp³-hybridized carbons (Fsp3) is 0.733. The van der Waals surface area contributed by atoms with Crippen LogP contribution < -0.4 is 5.32 Å². The summed E-state index contributed by atoms with van der Waals surface area (Å²) in [6, 6.07) is 0. The van der Waals surface area contributed by atoms with Crippen molar-refractivity contribution in [1.29, 1.82) is 0 Å². The standard InChI is InChI=1S/C15H27N3S/c1-8-16-14-13(10(2)3)11(4)17-12(18-14)9-19-15(5,6)7/h10H,8-9H2,1-7H3,(H,16,17,18). The van der Waals surface area contributed by atoms with Crippen LogP contribution in [-0.2, 0) is 5.75 Å². The van der Waals surface area contributed by atoms with Crippen molar-refractivity contribution < 1.29 is 0 Å². The number of rotatable bonds is 5. The van der Waals surface area contributed by atoms with E-state index in [-0.39, 0.29) is 4.75 Å². The molecule has 0 spiro atoms. The maximum absolute atomic E-state index is 4.70. The Morgan fingerprint density at radius 3 is 2.32 bits per heavy atom. The van der Waals surface area contributed by atoms with Crippen LogP contribution in [0.25, 0.3) is 0 Å². The van der Waals surface area contributed by atoms with E-state index in [1.807, 2.05) is 11.8 Å². The Balaban J connectivity index is 3.03. The highest BCUT2D eigenvalue weighted by atomic mass is 32.2. The van der Waals surface area contributed by atoms with Crippen LogP contribution in [0.15, 0.2) is 0 Å². The molecule has 4 heteroatoms. The Kier molecular flexibility index (Phi) is 5.65. The van der Waals surface area contributed by atoms with E-state index < -0.39 is 0 Å². The Labute approximate surface area is 122 Å². The smallest absolute Gasteiger partial charge is 0.140 e. The predicted octanol–water partition coefficient (Wildman–Crippen LogP) is 4.37. The summed E-state index contributed by atoms with van der Waals surface area (Å²) < 4.78 is 0.242. The first kappa shape index (κ1) is 16.3. The van der Waals surface area contributed by atoms with Crippen molar-refractivity contribution in [3.05, 3.63) is 17.1 Å². The van der Waals surface area contributed by atoms with Gasteiger partial charge in [0.25, 0.3) is 0 Å². The molecule has 1 aromatic rings. The summed E-state index contributed by atoms with van der Waals surface area (Å²) in [6.07, 6.45) is 0. The largest absolute Gasteiger partial charge is 0.370 e. The molecule has 0 amide bonds. The molecule has 0 radical (unpaired) electrons. The zero-order valence-electron chi connectivity index (χ0n) is 13.3. The summed E-state index contributed by atoms with van der Waals surface area (Å²) in [7, 11) is 0. The molecule has 0 bridgehead atoms. The minimum absolute atomic E-state index is 0.242. The summed E-state index contributed by atoms with van der Waals surface area (Å²) in [5.41, 5.74) is 2.34. The number of aromatic nitrogens is 2. The lowest BCUT2D eigenvalue weighted by Crippen LogP contribution is -2.13. The highest BCUT2D eigenvalue weighted by Gasteiger charge is 2.16. The van der Waals surface area contributed by atoms with Crippen LogP contribution in [0.3, 0.4) is 0 Å². The van der Waals surface area contributed by atoms with E-state index in [2.05, 4.69) is 58.8 Å². The molecule has 1 aromatic heterocycles. The lowest BCUT2D eigenvalue weighted by molar-refractivity contribution is 0.795. The van der Waals surface area contributed by atoms with E-state index in [4.69, 9.17) is 4.98 Å². The first-order valence-electron chi connectivity index (χ1n) is 6.99. The number of aryl methyl sites for hydroxylation is 1. The van der Waals surface area contributed by atoms with Gasteiger partial charge in [-0.15, -0.1) is 11.8 Å². The second kappa shape index (κ2) is 6.60. The van der Waals surface area contributed by atoms with E-state index in [0.717, 1.165) is 29.6 Å². The molecule has 1 N–H and O–H groups in total. The van der Waals surface area contributed by atoms with Crippen molar-refractivity contribution in [1.82, 2.24) is 9.97 Å². The first-order valence-corrected chi connectivity index (χ1v) is 7.98. The van der Waals surface area contributed by atoms with Crippen LogP contribution in [0.5, 0.6) is 0 Å². The molecule has 0 atom stereocenters. The Morgan fingerprint density at radius 1 is 1.21 bits per heavy atom. The van der Waals surface area contributed by atoms with Crippen LogP contribution >= 0.6 is 11.8 Å². The second-order valence-electron chi connectivity index (χ2n) is 6.07. The maximum Gasteiger partial charge on any atom is 0.140 e. The molecule has 19 heavy (non-hydrogen) atoms. The van der Waals surface area contributed by atoms with E-state index in [1.54, 1.807) is 0 Å². The zero-order valence-corrected chi connectivity index (χ0v) is 14.1. The normalized spacial score (nSPS) is 12.0. The lowest BCUT2D eigenvalue weighted by Gasteiger charge is -2.19. The summed E-state index contributed by atoms with van der Waals surface area (Å²) in [5.74, 6) is 3.24. The van der Waals surface area contributed by atoms with Gasteiger partial charge in [-0.25, -0.2) is 9.97 Å². The van der Waals surface area contributed by atoms with Crippen molar-refractivity contribution in [2.75, 3.05) is 11.9 Å². The summed E-state index contributed by atoms with van der Waals surface area (Å²) >= 11 is 1.88. The van der Waals surface area contributed by atoms with Crippen LogP contribution in [0.2, 0.25) is 0 Å². The minimum atomic E-state index is 0.242. The van der Waals surface area contributed by atoms with Gasteiger partial charge in [0.2, 0.25) is 0 Å². The number of hydrogen-bond acceptors (Lipinski definition) is 4. The molecule has 0 aliphatic rings. The van der Waals surface area contributed by atoms with Gasteiger partial charge in [0, 0.05) is 22.5 Å². The molecule has 0 aliphatic carbocycles. The van der Waals surface area contributed by atoms with E-state index in [1.165, 1.54) is 5.56 Å². The van der Waals surface area contributed by atoms with Gasteiger partial charge >= 0.3 is 0 Å². The second-order valence-corrected chi connectivity index (χ2v) is 7.88. The number of nitrogens with one attached hydrogen (secondary N) is 1.